The van der Waals surface area contributed by atoms with E-state index in [0.29, 0.717) is 6.61 Å². The highest BCUT2D eigenvalue weighted by Gasteiger charge is 2.29. The molecule has 20 heavy (non-hydrogen) atoms. The third-order valence-corrected chi connectivity index (χ3v) is 3.28. The van der Waals surface area contributed by atoms with E-state index in [1.807, 2.05) is 32.0 Å². The Hall–Kier alpha value is -1.71. The summed E-state index contributed by atoms with van der Waals surface area (Å²) in [5.74, 6) is 0.503. The minimum absolute atomic E-state index is 0.266. The molecule has 0 unspecified atom stereocenters. The lowest BCUT2D eigenvalue weighted by Gasteiger charge is -2.24. The van der Waals surface area contributed by atoms with Crippen LogP contribution in [0.15, 0.2) is 24.3 Å². The maximum atomic E-state index is 11.6. The third-order valence-electron chi connectivity index (χ3n) is 3.28. The molecule has 0 aromatic heterocycles. The van der Waals surface area contributed by atoms with E-state index in [1.165, 1.54) is 7.11 Å². The normalized spacial score (nSPS) is 11.1. The van der Waals surface area contributed by atoms with Crippen LogP contribution in [0.5, 0.6) is 5.75 Å². The van der Waals surface area contributed by atoms with E-state index in [9.17, 15) is 4.79 Å². The van der Waals surface area contributed by atoms with Gasteiger partial charge in [-0.1, -0.05) is 6.07 Å². The lowest BCUT2D eigenvalue weighted by atomic mass is 9.95. The topological polar surface area (TPSA) is 38.8 Å². The molecule has 0 fully saturated rings. The summed E-state index contributed by atoms with van der Waals surface area (Å²) in [7, 11) is 1.39. The van der Waals surface area contributed by atoms with E-state index in [2.05, 4.69) is 24.8 Å². The molecule has 0 N–H and O–H groups in total. The van der Waals surface area contributed by atoms with Gasteiger partial charge in [0.1, 0.15) is 12.4 Å². The summed E-state index contributed by atoms with van der Waals surface area (Å²) >= 11 is 0. The summed E-state index contributed by atoms with van der Waals surface area (Å²) in [4.78, 5) is 13.9. The molecule has 0 bridgehead atoms. The van der Waals surface area contributed by atoms with Gasteiger partial charge in [-0.05, 0) is 39.8 Å². The largest absolute Gasteiger partial charge is 0.492 e. The molecule has 0 radical (unpaired) electrons. The van der Waals surface area contributed by atoms with Crippen LogP contribution in [0.1, 0.15) is 27.7 Å². The van der Waals surface area contributed by atoms with Crippen LogP contribution < -0.4 is 9.64 Å². The number of methoxy groups -OCH3 is 1. The molecule has 4 heteroatoms. The Labute approximate surface area is 121 Å². The highest BCUT2D eigenvalue weighted by Crippen LogP contribution is 2.24. The average Bonchev–Trinajstić information content (AvgIpc) is 2.46. The fourth-order valence-corrected chi connectivity index (χ4v) is 1.96. The standard InChI is InChI=1S/C16H25NO3/c1-6-17(7-2)13-9-8-10-14(11-13)20-12-16(3,4)15(18)19-5/h8-11H,6-7,12H2,1-5H3. The summed E-state index contributed by atoms with van der Waals surface area (Å²) in [5.41, 5.74) is 0.475. The lowest BCUT2D eigenvalue weighted by Crippen LogP contribution is -2.32. The lowest BCUT2D eigenvalue weighted by molar-refractivity contribution is -0.152. The molecule has 112 valence electrons. The van der Waals surface area contributed by atoms with Crippen molar-refractivity contribution in [3.63, 3.8) is 0 Å². The fourth-order valence-electron chi connectivity index (χ4n) is 1.96. The number of nitrogens with zero attached hydrogens (tertiary/aromatic N) is 1. The van der Waals surface area contributed by atoms with E-state index in [1.54, 1.807) is 0 Å². The van der Waals surface area contributed by atoms with Gasteiger partial charge < -0.3 is 14.4 Å². The molecule has 0 atom stereocenters. The highest BCUT2D eigenvalue weighted by molar-refractivity contribution is 5.75. The maximum absolute atomic E-state index is 11.6. The van der Waals surface area contributed by atoms with Crippen molar-refractivity contribution in [1.82, 2.24) is 0 Å². The predicted octanol–water partition coefficient (Wildman–Crippen LogP) is 3.11. The fraction of sp³-hybridized carbons (Fsp3) is 0.562. The van der Waals surface area contributed by atoms with Crippen LogP contribution in [-0.2, 0) is 9.53 Å². The number of hydrogen-bond acceptors (Lipinski definition) is 4. The van der Waals surface area contributed by atoms with E-state index in [0.717, 1.165) is 24.5 Å². The smallest absolute Gasteiger partial charge is 0.314 e. The van der Waals surface area contributed by atoms with Gasteiger partial charge >= 0.3 is 5.97 Å². The first-order chi connectivity index (χ1) is 9.44. The highest BCUT2D eigenvalue weighted by atomic mass is 16.5. The molecule has 0 aliphatic carbocycles. The summed E-state index contributed by atoms with van der Waals surface area (Å²) in [5, 5.41) is 0. The minimum atomic E-state index is -0.653. The Morgan fingerprint density at radius 2 is 1.90 bits per heavy atom. The molecular formula is C16H25NO3. The second kappa shape index (κ2) is 7.17. The van der Waals surface area contributed by atoms with Crippen LogP contribution in [0.3, 0.4) is 0 Å². The van der Waals surface area contributed by atoms with Crippen molar-refractivity contribution in [2.75, 3.05) is 31.7 Å². The van der Waals surface area contributed by atoms with Gasteiger partial charge in [0.2, 0.25) is 0 Å². The molecule has 0 aliphatic heterocycles. The predicted molar refractivity (Wildman–Crippen MR) is 81.3 cm³/mol. The van der Waals surface area contributed by atoms with Crippen LogP contribution in [0.4, 0.5) is 5.69 Å². The van der Waals surface area contributed by atoms with Crippen molar-refractivity contribution < 1.29 is 14.3 Å². The van der Waals surface area contributed by atoms with Crippen LogP contribution in [0.2, 0.25) is 0 Å². The van der Waals surface area contributed by atoms with Gasteiger partial charge in [-0.15, -0.1) is 0 Å². The van der Waals surface area contributed by atoms with Gasteiger partial charge in [0.25, 0.3) is 0 Å². The molecule has 0 saturated carbocycles. The second-order valence-corrected chi connectivity index (χ2v) is 5.33. The zero-order chi connectivity index (χ0) is 15.2. The van der Waals surface area contributed by atoms with E-state index < -0.39 is 5.41 Å². The molecule has 0 aliphatic rings. The maximum Gasteiger partial charge on any atom is 0.314 e. The van der Waals surface area contributed by atoms with Crippen molar-refractivity contribution >= 4 is 11.7 Å². The number of rotatable bonds is 7. The van der Waals surface area contributed by atoms with Crippen molar-refractivity contribution in [2.24, 2.45) is 5.41 Å². The van der Waals surface area contributed by atoms with E-state index in [-0.39, 0.29) is 5.97 Å². The average molecular weight is 279 g/mol. The number of esters is 1. The Morgan fingerprint density at radius 1 is 1.25 bits per heavy atom. The van der Waals surface area contributed by atoms with Crippen LogP contribution in [-0.4, -0.2) is 32.8 Å². The molecule has 1 rings (SSSR count). The van der Waals surface area contributed by atoms with Crippen LogP contribution in [0.25, 0.3) is 0 Å². The monoisotopic (exact) mass is 279 g/mol. The molecule has 0 saturated heterocycles. The number of benzene rings is 1. The summed E-state index contributed by atoms with van der Waals surface area (Å²) < 4.78 is 10.5. The molecular weight excluding hydrogens is 254 g/mol. The van der Waals surface area contributed by atoms with Crippen molar-refractivity contribution in [1.29, 1.82) is 0 Å². The number of ether oxygens (including phenoxy) is 2. The molecule has 1 aromatic rings. The first kappa shape index (κ1) is 16.3. The zero-order valence-electron chi connectivity index (χ0n) is 13.1. The van der Waals surface area contributed by atoms with Gasteiger partial charge in [-0.3, -0.25) is 4.79 Å². The van der Waals surface area contributed by atoms with Crippen molar-refractivity contribution in [2.45, 2.75) is 27.7 Å². The molecule has 0 amide bonds. The molecule has 1 aromatic carbocycles. The zero-order valence-corrected chi connectivity index (χ0v) is 13.1. The van der Waals surface area contributed by atoms with E-state index >= 15 is 0 Å². The third kappa shape index (κ3) is 4.15. The SMILES string of the molecule is CCN(CC)c1cccc(OCC(C)(C)C(=O)OC)c1. The number of carbonyl (C=O) groups is 1. The van der Waals surface area contributed by atoms with Crippen LogP contribution in [0, 0.1) is 5.41 Å². The molecule has 4 nitrogen and oxygen atoms in total. The summed E-state index contributed by atoms with van der Waals surface area (Å²) in [6, 6.07) is 7.93. The van der Waals surface area contributed by atoms with Crippen LogP contribution >= 0.6 is 0 Å². The summed E-state index contributed by atoms with van der Waals surface area (Å²) in [6.07, 6.45) is 0. The number of anilines is 1. The van der Waals surface area contributed by atoms with E-state index in [4.69, 9.17) is 9.47 Å². The number of carbonyl (C=O) groups excluding carboxylic acids is 1. The van der Waals surface area contributed by atoms with Gasteiger partial charge in [-0.2, -0.15) is 0 Å². The Bertz CT molecular complexity index is 439. The van der Waals surface area contributed by atoms with Gasteiger partial charge in [-0.25, -0.2) is 0 Å². The second-order valence-electron chi connectivity index (χ2n) is 5.33. The quantitative estimate of drug-likeness (QED) is 0.719. The first-order valence-corrected chi connectivity index (χ1v) is 7.00. The van der Waals surface area contributed by atoms with Crippen molar-refractivity contribution in [3.8, 4) is 5.75 Å². The molecule has 0 heterocycles. The minimum Gasteiger partial charge on any atom is -0.492 e. The Kier molecular flexibility index (Phi) is 5.86. The van der Waals surface area contributed by atoms with Gasteiger partial charge in [0.15, 0.2) is 0 Å². The van der Waals surface area contributed by atoms with Gasteiger partial charge in [0.05, 0.1) is 12.5 Å². The Morgan fingerprint density at radius 3 is 2.45 bits per heavy atom. The summed E-state index contributed by atoms with van der Waals surface area (Å²) in [6.45, 7) is 10.1. The number of hydrogen-bond donors (Lipinski definition) is 0. The molecule has 0 spiro atoms. The Balaban J connectivity index is 2.74. The van der Waals surface area contributed by atoms with Gasteiger partial charge in [0, 0.05) is 24.8 Å². The van der Waals surface area contributed by atoms with Crippen molar-refractivity contribution in [3.05, 3.63) is 24.3 Å². The first-order valence-electron chi connectivity index (χ1n) is 7.00.